The molecule has 0 aromatic heterocycles. The number of hydrogen-bond donors (Lipinski definition) is 2. The summed E-state index contributed by atoms with van der Waals surface area (Å²) in [6.07, 6.45) is 10.0. The van der Waals surface area contributed by atoms with Gasteiger partial charge in [0.05, 0.1) is 32.0 Å². The molecule has 2 aliphatic heterocycles. The van der Waals surface area contributed by atoms with E-state index in [-0.39, 0.29) is 28.6 Å². The van der Waals surface area contributed by atoms with E-state index in [4.69, 9.17) is 14.2 Å². The van der Waals surface area contributed by atoms with Crippen molar-refractivity contribution in [3.63, 3.8) is 0 Å². The standard InChI is InChI=1S/C29H48O5/c1-18(2)5-10-24(30)29(17-34-29)23-9-8-21-20-7-6-19-16-28(32-13-14-33-28)12-11-26(19,3)22(20)15-25(31)27(21,23)4/h18-25,30-31H,5-17H2,1-4H3/t19-,20-,21-,22-,23-,24+,25+,26-,27-,29-/m0/s1. The summed E-state index contributed by atoms with van der Waals surface area (Å²) in [5.41, 5.74) is -0.288. The molecule has 6 fully saturated rings. The first-order valence-electron chi connectivity index (χ1n) is 14.4. The molecule has 0 aromatic rings. The second-order valence-electron chi connectivity index (χ2n) is 13.9. The van der Waals surface area contributed by atoms with E-state index in [0.29, 0.717) is 36.2 Å². The highest BCUT2D eigenvalue weighted by Gasteiger charge is 2.71. The number of hydrogen-bond acceptors (Lipinski definition) is 5. The molecule has 6 rings (SSSR count). The summed E-state index contributed by atoms with van der Waals surface area (Å²) in [6.45, 7) is 11.5. The highest BCUT2D eigenvalue weighted by atomic mass is 16.7. The molecule has 6 aliphatic rings. The van der Waals surface area contributed by atoms with Crippen molar-refractivity contribution in [2.24, 2.45) is 46.3 Å². The van der Waals surface area contributed by atoms with Gasteiger partial charge in [-0.2, -0.15) is 0 Å². The fraction of sp³-hybridized carbons (Fsp3) is 1.00. The van der Waals surface area contributed by atoms with Crippen LogP contribution in [0.25, 0.3) is 0 Å². The summed E-state index contributed by atoms with van der Waals surface area (Å²) in [7, 11) is 0. The van der Waals surface area contributed by atoms with Gasteiger partial charge in [0.2, 0.25) is 0 Å². The van der Waals surface area contributed by atoms with Crippen molar-refractivity contribution >= 4 is 0 Å². The third-order valence-electron chi connectivity index (χ3n) is 12.2. The Morgan fingerprint density at radius 2 is 1.65 bits per heavy atom. The second kappa shape index (κ2) is 8.15. The second-order valence-corrected chi connectivity index (χ2v) is 13.9. The van der Waals surface area contributed by atoms with E-state index < -0.39 is 11.7 Å². The smallest absolute Gasteiger partial charge is 0.168 e. The van der Waals surface area contributed by atoms with Crippen LogP contribution in [0.1, 0.15) is 91.9 Å². The topological polar surface area (TPSA) is 71.5 Å². The van der Waals surface area contributed by atoms with Gasteiger partial charge in [-0.3, -0.25) is 0 Å². The van der Waals surface area contributed by atoms with Crippen molar-refractivity contribution in [1.82, 2.24) is 0 Å². The van der Waals surface area contributed by atoms with Crippen molar-refractivity contribution < 1.29 is 24.4 Å². The van der Waals surface area contributed by atoms with Crippen LogP contribution in [-0.4, -0.2) is 53.6 Å². The van der Waals surface area contributed by atoms with E-state index in [1.165, 1.54) is 19.3 Å². The zero-order valence-corrected chi connectivity index (χ0v) is 21.9. The molecular weight excluding hydrogens is 428 g/mol. The van der Waals surface area contributed by atoms with Crippen LogP contribution in [0.5, 0.6) is 0 Å². The largest absolute Gasteiger partial charge is 0.393 e. The lowest BCUT2D eigenvalue weighted by atomic mass is 9.43. The Labute approximate surface area is 206 Å². The minimum atomic E-state index is -0.415. The van der Waals surface area contributed by atoms with E-state index in [1.54, 1.807) is 0 Å². The van der Waals surface area contributed by atoms with Crippen molar-refractivity contribution in [2.75, 3.05) is 19.8 Å². The predicted molar refractivity (Wildman–Crippen MR) is 130 cm³/mol. The minimum absolute atomic E-state index is 0.146. The Morgan fingerprint density at radius 1 is 0.912 bits per heavy atom. The maximum atomic E-state index is 11.9. The lowest BCUT2D eigenvalue weighted by molar-refractivity contribution is -0.238. The Balaban J connectivity index is 1.23. The molecule has 4 saturated carbocycles. The van der Waals surface area contributed by atoms with Crippen LogP contribution in [0.2, 0.25) is 0 Å². The van der Waals surface area contributed by atoms with Gasteiger partial charge in [-0.25, -0.2) is 0 Å². The molecule has 34 heavy (non-hydrogen) atoms. The van der Waals surface area contributed by atoms with Crippen molar-refractivity contribution in [2.45, 2.75) is 115 Å². The molecule has 5 heteroatoms. The highest BCUT2D eigenvalue weighted by Crippen LogP contribution is 2.70. The van der Waals surface area contributed by atoms with E-state index in [9.17, 15) is 10.2 Å². The van der Waals surface area contributed by atoms with E-state index in [0.717, 1.165) is 58.2 Å². The summed E-state index contributed by atoms with van der Waals surface area (Å²) in [5, 5.41) is 23.1. The van der Waals surface area contributed by atoms with Gasteiger partial charge in [0, 0.05) is 24.2 Å². The Bertz CT molecular complexity index is 772. The summed E-state index contributed by atoms with van der Waals surface area (Å²) in [6, 6.07) is 0. The number of ether oxygens (including phenoxy) is 3. The van der Waals surface area contributed by atoms with Gasteiger partial charge >= 0.3 is 0 Å². The number of epoxide rings is 1. The fourth-order valence-electron chi connectivity index (χ4n) is 10.2. The lowest BCUT2D eigenvalue weighted by Crippen LogP contribution is -2.61. The van der Waals surface area contributed by atoms with Crippen LogP contribution in [0.3, 0.4) is 0 Å². The minimum Gasteiger partial charge on any atom is -0.393 e. The number of rotatable bonds is 5. The molecule has 0 radical (unpaired) electrons. The van der Waals surface area contributed by atoms with Crippen LogP contribution >= 0.6 is 0 Å². The third kappa shape index (κ3) is 3.36. The molecule has 4 aliphatic carbocycles. The molecular formula is C29H48O5. The summed E-state index contributed by atoms with van der Waals surface area (Å²) in [4.78, 5) is 0. The quantitative estimate of drug-likeness (QED) is 0.551. The molecule has 1 spiro atoms. The van der Waals surface area contributed by atoms with Gasteiger partial charge < -0.3 is 24.4 Å². The molecule has 10 atom stereocenters. The van der Waals surface area contributed by atoms with Crippen molar-refractivity contribution in [3.8, 4) is 0 Å². The first kappa shape index (κ1) is 24.2. The zero-order valence-electron chi connectivity index (χ0n) is 21.9. The fourth-order valence-corrected chi connectivity index (χ4v) is 10.2. The maximum Gasteiger partial charge on any atom is 0.168 e. The highest BCUT2D eigenvalue weighted by molar-refractivity contribution is 5.19. The lowest BCUT2D eigenvalue weighted by Gasteiger charge is -2.63. The number of aliphatic hydroxyl groups is 2. The van der Waals surface area contributed by atoms with Gasteiger partial charge in [0.25, 0.3) is 0 Å². The molecule has 2 heterocycles. The SMILES string of the molecule is CC(C)CC[C@@H](O)[C@@]1([C@H]2CC[C@H]3[C@@H]4CC[C@H]5CC6(CC[C@]5(C)[C@H]4C[C@@H](O)[C@]23C)OCCO6)CO1. The molecule has 0 unspecified atom stereocenters. The first-order valence-corrected chi connectivity index (χ1v) is 14.4. The van der Waals surface area contributed by atoms with Crippen LogP contribution in [0, 0.1) is 46.3 Å². The summed E-state index contributed by atoms with van der Waals surface area (Å²) >= 11 is 0. The van der Waals surface area contributed by atoms with E-state index in [1.807, 2.05) is 0 Å². The third-order valence-corrected chi connectivity index (χ3v) is 12.2. The van der Waals surface area contributed by atoms with Crippen LogP contribution in [-0.2, 0) is 14.2 Å². The van der Waals surface area contributed by atoms with Crippen LogP contribution < -0.4 is 0 Å². The van der Waals surface area contributed by atoms with Crippen molar-refractivity contribution in [1.29, 1.82) is 0 Å². The first-order chi connectivity index (χ1) is 16.1. The predicted octanol–water partition coefficient (Wildman–Crippen LogP) is 4.93. The van der Waals surface area contributed by atoms with Gasteiger partial charge in [-0.05, 0) is 86.4 Å². The number of aliphatic hydroxyl groups excluding tert-OH is 2. The van der Waals surface area contributed by atoms with E-state index in [2.05, 4.69) is 27.7 Å². The Kier molecular flexibility index (Phi) is 5.79. The normalized spacial score (nSPS) is 52.3. The van der Waals surface area contributed by atoms with Gasteiger partial charge in [0.1, 0.15) is 5.60 Å². The summed E-state index contributed by atoms with van der Waals surface area (Å²) < 4.78 is 18.4. The van der Waals surface area contributed by atoms with Crippen molar-refractivity contribution in [3.05, 3.63) is 0 Å². The van der Waals surface area contributed by atoms with E-state index >= 15 is 0 Å². The molecule has 5 nitrogen and oxygen atoms in total. The molecule has 194 valence electrons. The number of fused-ring (bicyclic) bond motifs is 5. The summed E-state index contributed by atoms with van der Waals surface area (Å²) in [5.74, 6) is 2.97. The maximum absolute atomic E-state index is 11.9. The molecule has 2 saturated heterocycles. The average Bonchev–Trinajstić information content (AvgIpc) is 3.33. The molecule has 2 N–H and O–H groups in total. The zero-order chi connectivity index (χ0) is 23.9. The van der Waals surface area contributed by atoms with Gasteiger partial charge in [-0.1, -0.05) is 27.7 Å². The van der Waals surface area contributed by atoms with Crippen LogP contribution in [0.4, 0.5) is 0 Å². The van der Waals surface area contributed by atoms with Gasteiger partial charge in [0.15, 0.2) is 5.79 Å². The molecule has 0 bridgehead atoms. The average molecular weight is 477 g/mol. The van der Waals surface area contributed by atoms with Crippen LogP contribution in [0.15, 0.2) is 0 Å². The Hall–Kier alpha value is -0.200. The van der Waals surface area contributed by atoms with Gasteiger partial charge in [-0.15, -0.1) is 0 Å². The monoisotopic (exact) mass is 476 g/mol. The molecule has 0 amide bonds. The Morgan fingerprint density at radius 3 is 2.32 bits per heavy atom. The molecule has 0 aromatic carbocycles.